The number of nitrogens with one attached hydrogen (secondary N) is 2. The van der Waals surface area contributed by atoms with Gasteiger partial charge in [0.15, 0.2) is 28.4 Å². The Balaban J connectivity index is 0.974. The van der Waals surface area contributed by atoms with Gasteiger partial charge in [-0.2, -0.15) is 8.42 Å². The van der Waals surface area contributed by atoms with E-state index in [-0.39, 0.29) is 48.3 Å². The van der Waals surface area contributed by atoms with Crippen LogP contribution in [0.3, 0.4) is 0 Å². The van der Waals surface area contributed by atoms with Gasteiger partial charge in [-0.15, -0.1) is 4.33 Å². The third-order valence-electron chi connectivity index (χ3n) is 11.2. The molecular formula is C43H44N4O14S2. The highest BCUT2D eigenvalue weighted by molar-refractivity contribution is 7.95. The van der Waals surface area contributed by atoms with E-state index >= 15 is 0 Å². The number of carbonyl (C=O) groups excluding carboxylic acids is 2. The summed E-state index contributed by atoms with van der Waals surface area (Å²) in [6, 6.07) is 19.5. The predicted octanol–water partition coefficient (Wildman–Crippen LogP) is 6.54. The highest BCUT2D eigenvalue weighted by Crippen LogP contribution is 2.45. The Kier molecular flexibility index (Phi) is 12.6. The van der Waals surface area contributed by atoms with Crippen molar-refractivity contribution in [3.63, 3.8) is 0 Å². The number of ether oxygens (including phenoxy) is 6. The Bertz CT molecular complexity index is 2590. The number of benzene rings is 4. The molecular weight excluding hydrogens is 861 g/mol. The fourth-order valence-electron chi connectivity index (χ4n) is 8.11. The van der Waals surface area contributed by atoms with E-state index < -0.39 is 38.9 Å². The molecule has 8 rings (SSSR count). The predicted molar refractivity (Wildman–Crippen MR) is 231 cm³/mol. The second-order valence-corrected chi connectivity index (χ2v) is 17.1. The molecule has 0 aromatic heterocycles. The Labute approximate surface area is 367 Å². The number of anilines is 2. The molecule has 2 amide bonds. The highest BCUT2D eigenvalue weighted by atomic mass is 32.2. The Morgan fingerprint density at radius 2 is 1.19 bits per heavy atom. The average molecular weight is 905 g/mol. The summed E-state index contributed by atoms with van der Waals surface area (Å²) >= 11 is 0.806. The van der Waals surface area contributed by atoms with E-state index in [1.807, 2.05) is 30.3 Å². The topological polar surface area (TPSA) is 213 Å². The fourth-order valence-corrected chi connectivity index (χ4v) is 9.66. The van der Waals surface area contributed by atoms with Crippen LogP contribution >= 0.6 is 12.0 Å². The minimum Gasteiger partial charge on any atom is -0.497 e. The summed E-state index contributed by atoms with van der Waals surface area (Å²) in [6.07, 6.45) is 4.33. The molecule has 0 spiro atoms. The minimum absolute atomic E-state index is 0.103. The van der Waals surface area contributed by atoms with Gasteiger partial charge >= 0.3 is 0 Å². The van der Waals surface area contributed by atoms with E-state index in [2.05, 4.69) is 15.7 Å². The van der Waals surface area contributed by atoms with E-state index in [0.717, 1.165) is 28.7 Å². The SMILES string of the molecule is COc1cccc(C2=CN3C(=O)c4cc(OC)c(OCCCOc5cc6c(cc5OC)C(=O)N5C=C(c7cccc(OC)c7)C[C@H]5[C@H](SOOO)N6)cc4N[C@@H](S(=O)(=O)O)[C@@H]3C2)c1. The summed E-state index contributed by atoms with van der Waals surface area (Å²) in [4.78, 5) is 31.1. The van der Waals surface area contributed by atoms with Gasteiger partial charge in [0.25, 0.3) is 21.9 Å². The zero-order chi connectivity index (χ0) is 44.4. The molecule has 4 atom stereocenters. The summed E-state index contributed by atoms with van der Waals surface area (Å²) in [6.45, 7) is 0.240. The van der Waals surface area contributed by atoms with Gasteiger partial charge in [0, 0.05) is 31.0 Å². The van der Waals surface area contributed by atoms with E-state index in [0.29, 0.717) is 52.7 Å². The number of rotatable bonds is 16. The summed E-state index contributed by atoms with van der Waals surface area (Å²) in [5.74, 6) is 1.56. The molecule has 4 aliphatic heterocycles. The Morgan fingerprint density at radius 3 is 1.68 bits per heavy atom. The van der Waals surface area contributed by atoms with Gasteiger partial charge in [0.1, 0.15) is 16.9 Å². The summed E-state index contributed by atoms with van der Waals surface area (Å²) in [5, 5.41) is 17.0. The van der Waals surface area contributed by atoms with E-state index in [9.17, 15) is 22.6 Å². The molecule has 18 nitrogen and oxygen atoms in total. The van der Waals surface area contributed by atoms with Gasteiger partial charge in [-0.3, -0.25) is 14.1 Å². The maximum Gasteiger partial charge on any atom is 0.288 e. The lowest BCUT2D eigenvalue weighted by Crippen LogP contribution is -2.46. The third-order valence-corrected chi connectivity index (χ3v) is 13.0. The molecule has 0 saturated heterocycles. The normalized spacial score (nSPS) is 20.1. The first kappa shape index (κ1) is 43.5. The summed E-state index contributed by atoms with van der Waals surface area (Å²) in [7, 11) is 1.28. The van der Waals surface area contributed by atoms with Crippen molar-refractivity contribution in [1.29, 1.82) is 0 Å². The van der Waals surface area contributed by atoms with Crippen LogP contribution in [0.15, 0.2) is 85.2 Å². The van der Waals surface area contributed by atoms with Crippen molar-refractivity contribution in [1.82, 2.24) is 9.80 Å². The Hall–Kier alpha value is -6.16. The molecule has 0 bridgehead atoms. The van der Waals surface area contributed by atoms with Gasteiger partial charge in [-0.1, -0.05) is 29.3 Å². The molecule has 4 aromatic carbocycles. The second-order valence-electron chi connectivity index (χ2n) is 14.8. The van der Waals surface area contributed by atoms with Crippen molar-refractivity contribution in [2.75, 3.05) is 52.3 Å². The lowest BCUT2D eigenvalue weighted by molar-refractivity contribution is -0.432. The third kappa shape index (κ3) is 8.77. The summed E-state index contributed by atoms with van der Waals surface area (Å²) in [5.41, 5.74) is 4.23. The van der Waals surface area contributed by atoms with Gasteiger partial charge in [0.05, 0.1) is 88.3 Å². The molecule has 332 valence electrons. The first-order chi connectivity index (χ1) is 30.4. The molecule has 4 aromatic rings. The van der Waals surface area contributed by atoms with Crippen molar-refractivity contribution < 1.29 is 65.6 Å². The lowest BCUT2D eigenvalue weighted by atomic mass is 10.0. The van der Waals surface area contributed by atoms with Gasteiger partial charge < -0.3 is 48.9 Å². The molecule has 4 N–H and O–H groups in total. The molecule has 0 radical (unpaired) electrons. The van der Waals surface area contributed by atoms with Crippen LogP contribution in [0.2, 0.25) is 0 Å². The van der Waals surface area contributed by atoms with Gasteiger partial charge in [-0.25, -0.2) is 5.26 Å². The van der Waals surface area contributed by atoms with Crippen molar-refractivity contribution in [3.8, 4) is 34.5 Å². The number of amides is 2. The van der Waals surface area contributed by atoms with Crippen LogP contribution in [0.5, 0.6) is 34.5 Å². The summed E-state index contributed by atoms with van der Waals surface area (Å²) < 4.78 is 75.2. The fraction of sp³-hybridized carbons (Fsp3) is 0.302. The maximum atomic E-state index is 14.1. The van der Waals surface area contributed by atoms with Crippen LogP contribution in [0.25, 0.3) is 11.1 Å². The van der Waals surface area contributed by atoms with Crippen molar-refractivity contribution in [2.24, 2.45) is 0 Å². The number of fused-ring (bicyclic) bond motifs is 4. The smallest absolute Gasteiger partial charge is 0.288 e. The average Bonchev–Trinajstić information content (AvgIpc) is 3.90. The lowest BCUT2D eigenvalue weighted by Gasteiger charge is -2.27. The zero-order valence-electron chi connectivity index (χ0n) is 34.4. The molecule has 0 unspecified atom stereocenters. The van der Waals surface area contributed by atoms with Crippen LogP contribution in [0, 0.1) is 0 Å². The first-order valence-electron chi connectivity index (χ1n) is 19.6. The number of methoxy groups -OCH3 is 4. The molecule has 0 fully saturated rings. The minimum atomic E-state index is -4.73. The standard InChI is InChI=1S/C43H44N4O14S2/c1-54-28-10-5-8-24(14-28)26-16-34-40(62-61-60-50)44-32-20-38(36(56-3)18-30(32)42(48)46(34)22-26)58-12-7-13-59-39-21-33-31(19-37(39)57-4)43(49)47-23-27(25-9-6-11-29(15-25)55-2)17-35(47)41(45-33)63(51,52)53/h5-6,8-11,14-15,18-23,34-35,40-41,44-45,50H,7,12-13,16-17H2,1-4H3,(H,51,52,53)/t34-,35-,40-,41-/m0/s1. The molecule has 0 saturated carbocycles. The highest BCUT2D eigenvalue weighted by Gasteiger charge is 2.46. The number of hydrogen-bond acceptors (Lipinski definition) is 16. The van der Waals surface area contributed by atoms with Crippen LogP contribution in [-0.4, -0.2) is 104 Å². The van der Waals surface area contributed by atoms with E-state index in [1.54, 1.807) is 54.7 Å². The first-order valence-corrected chi connectivity index (χ1v) is 21.9. The molecule has 4 heterocycles. The molecule has 0 aliphatic carbocycles. The largest absolute Gasteiger partial charge is 0.497 e. The van der Waals surface area contributed by atoms with Crippen LogP contribution in [0.4, 0.5) is 11.4 Å². The molecule has 20 heteroatoms. The van der Waals surface area contributed by atoms with E-state index in [4.69, 9.17) is 38.0 Å². The molecule has 63 heavy (non-hydrogen) atoms. The number of carbonyl (C=O) groups is 2. The quantitative estimate of drug-likeness (QED) is 0.0309. The van der Waals surface area contributed by atoms with Crippen LogP contribution < -0.4 is 39.1 Å². The van der Waals surface area contributed by atoms with Crippen LogP contribution in [-0.2, 0) is 19.5 Å². The monoisotopic (exact) mass is 904 g/mol. The maximum absolute atomic E-state index is 14.1. The Morgan fingerprint density at radius 1 is 0.683 bits per heavy atom. The van der Waals surface area contributed by atoms with Gasteiger partial charge in [0.2, 0.25) is 0 Å². The molecule has 4 aliphatic rings. The number of hydrogen-bond donors (Lipinski definition) is 4. The second kappa shape index (κ2) is 18.3. The van der Waals surface area contributed by atoms with Crippen molar-refractivity contribution in [2.45, 2.75) is 42.1 Å². The van der Waals surface area contributed by atoms with Crippen molar-refractivity contribution >= 4 is 56.5 Å². The van der Waals surface area contributed by atoms with Gasteiger partial charge in [-0.05, 0) is 71.5 Å². The van der Waals surface area contributed by atoms with Crippen LogP contribution in [0.1, 0.15) is 51.1 Å². The van der Waals surface area contributed by atoms with E-state index in [1.165, 1.54) is 38.4 Å². The van der Waals surface area contributed by atoms with Crippen molar-refractivity contribution in [3.05, 3.63) is 107 Å². The number of nitrogens with zero attached hydrogens (tertiary/aromatic N) is 2. The zero-order valence-corrected chi connectivity index (χ0v) is 36.1.